The van der Waals surface area contributed by atoms with E-state index in [-0.39, 0.29) is 0 Å². The molecule has 94 valence electrons. The van der Waals surface area contributed by atoms with Gasteiger partial charge in [-0.15, -0.1) is 0 Å². The van der Waals surface area contributed by atoms with Crippen LogP contribution in [0.4, 0.5) is 5.69 Å². The molecule has 0 heterocycles. The highest BCUT2D eigenvalue weighted by atomic mass is 16.5. The monoisotopic (exact) mass is 243 g/mol. The van der Waals surface area contributed by atoms with Crippen LogP contribution in [0.3, 0.4) is 0 Å². The summed E-state index contributed by atoms with van der Waals surface area (Å²) >= 11 is 0. The number of benzene rings is 2. The molecule has 0 amide bonds. The molecule has 2 rings (SSSR count). The van der Waals surface area contributed by atoms with Gasteiger partial charge in [0.15, 0.2) is 0 Å². The van der Waals surface area contributed by atoms with Crippen LogP contribution in [-0.2, 0) is 0 Å². The van der Waals surface area contributed by atoms with Crippen molar-refractivity contribution in [3.8, 4) is 5.75 Å². The molecule has 3 heteroatoms. The molecule has 18 heavy (non-hydrogen) atoms. The Bertz CT molecular complexity index is 468. The molecule has 0 saturated heterocycles. The molecule has 2 aromatic rings. The largest absolute Gasteiger partial charge is 0.497 e. The Labute approximate surface area is 107 Å². The van der Waals surface area contributed by atoms with E-state index < -0.39 is 6.10 Å². The Morgan fingerprint density at radius 1 is 1.06 bits per heavy atom. The van der Waals surface area contributed by atoms with Gasteiger partial charge in [-0.2, -0.15) is 0 Å². The predicted molar refractivity (Wildman–Crippen MR) is 72.9 cm³/mol. The molecule has 0 aliphatic heterocycles. The lowest BCUT2D eigenvalue weighted by molar-refractivity contribution is 0.191. The van der Waals surface area contributed by atoms with E-state index in [1.807, 2.05) is 54.6 Å². The molecule has 3 nitrogen and oxygen atoms in total. The first-order valence-electron chi connectivity index (χ1n) is 5.90. The fourth-order valence-corrected chi connectivity index (χ4v) is 1.71. The maximum Gasteiger partial charge on any atom is 0.118 e. The van der Waals surface area contributed by atoms with Gasteiger partial charge in [0.25, 0.3) is 0 Å². The van der Waals surface area contributed by atoms with Crippen LogP contribution in [0.1, 0.15) is 11.7 Å². The van der Waals surface area contributed by atoms with Gasteiger partial charge in [0, 0.05) is 12.2 Å². The summed E-state index contributed by atoms with van der Waals surface area (Å²) in [5.74, 6) is 0.793. The first-order valence-corrected chi connectivity index (χ1v) is 5.90. The molecule has 1 atom stereocenters. The third kappa shape index (κ3) is 3.25. The molecule has 0 fully saturated rings. The van der Waals surface area contributed by atoms with E-state index in [4.69, 9.17) is 4.74 Å². The second-order valence-electron chi connectivity index (χ2n) is 4.04. The highest BCUT2D eigenvalue weighted by molar-refractivity contribution is 5.42. The van der Waals surface area contributed by atoms with Crippen molar-refractivity contribution in [2.24, 2.45) is 0 Å². The third-order valence-electron chi connectivity index (χ3n) is 2.77. The zero-order chi connectivity index (χ0) is 12.8. The molecule has 0 saturated carbocycles. The van der Waals surface area contributed by atoms with Crippen LogP contribution in [0.15, 0.2) is 54.6 Å². The van der Waals surface area contributed by atoms with Gasteiger partial charge in [-0.1, -0.05) is 30.3 Å². The third-order valence-corrected chi connectivity index (χ3v) is 2.77. The molecule has 2 aromatic carbocycles. The standard InChI is InChI=1S/C15H17NO2/c1-18-14-9-7-12(8-10-14)15(17)11-16-13-5-3-2-4-6-13/h2-10,15-17H,11H2,1H3/t15-/m0/s1. The van der Waals surface area contributed by atoms with E-state index in [0.717, 1.165) is 17.0 Å². The summed E-state index contributed by atoms with van der Waals surface area (Å²) < 4.78 is 5.08. The molecule has 0 radical (unpaired) electrons. The maximum absolute atomic E-state index is 10.0. The second kappa shape index (κ2) is 6.07. The molecule has 0 aromatic heterocycles. The van der Waals surface area contributed by atoms with Gasteiger partial charge in [-0.05, 0) is 29.8 Å². The van der Waals surface area contributed by atoms with Gasteiger partial charge in [-0.3, -0.25) is 0 Å². The molecule has 0 spiro atoms. The number of para-hydroxylation sites is 1. The summed E-state index contributed by atoms with van der Waals surface area (Å²) in [5.41, 5.74) is 1.88. The first kappa shape index (κ1) is 12.5. The normalized spacial score (nSPS) is 11.9. The summed E-state index contributed by atoms with van der Waals surface area (Å²) in [6.07, 6.45) is -0.531. The van der Waals surface area contributed by atoms with Crippen LogP contribution in [-0.4, -0.2) is 18.8 Å². The van der Waals surface area contributed by atoms with E-state index in [9.17, 15) is 5.11 Å². The van der Waals surface area contributed by atoms with Crippen LogP contribution in [0.5, 0.6) is 5.75 Å². The zero-order valence-electron chi connectivity index (χ0n) is 10.3. The molecular weight excluding hydrogens is 226 g/mol. The fraction of sp³-hybridized carbons (Fsp3) is 0.200. The minimum atomic E-state index is -0.531. The SMILES string of the molecule is COc1ccc([C@@H](O)CNc2ccccc2)cc1. The van der Waals surface area contributed by atoms with Crippen molar-refractivity contribution < 1.29 is 9.84 Å². The summed E-state index contributed by atoms with van der Waals surface area (Å²) in [7, 11) is 1.63. The number of aliphatic hydroxyl groups excluding tert-OH is 1. The highest BCUT2D eigenvalue weighted by Crippen LogP contribution is 2.18. The van der Waals surface area contributed by atoms with Crippen molar-refractivity contribution in [3.05, 3.63) is 60.2 Å². The van der Waals surface area contributed by atoms with E-state index in [2.05, 4.69) is 5.32 Å². The van der Waals surface area contributed by atoms with Crippen LogP contribution in [0.25, 0.3) is 0 Å². The highest BCUT2D eigenvalue weighted by Gasteiger charge is 2.06. The van der Waals surface area contributed by atoms with Gasteiger partial charge in [0.05, 0.1) is 13.2 Å². The lowest BCUT2D eigenvalue weighted by atomic mass is 10.1. The average Bonchev–Trinajstić information content (AvgIpc) is 2.46. The number of nitrogens with one attached hydrogen (secondary N) is 1. The number of hydrogen-bond acceptors (Lipinski definition) is 3. The summed E-state index contributed by atoms with van der Waals surface area (Å²) in [6.45, 7) is 0.482. The number of hydrogen-bond donors (Lipinski definition) is 2. The molecule has 0 aliphatic rings. The van der Waals surface area contributed by atoms with Crippen molar-refractivity contribution in [2.45, 2.75) is 6.10 Å². The predicted octanol–water partition coefficient (Wildman–Crippen LogP) is 2.84. The lowest BCUT2D eigenvalue weighted by Gasteiger charge is -2.13. The van der Waals surface area contributed by atoms with Gasteiger partial charge in [-0.25, -0.2) is 0 Å². The Morgan fingerprint density at radius 2 is 1.72 bits per heavy atom. The van der Waals surface area contributed by atoms with Gasteiger partial charge in [0.1, 0.15) is 5.75 Å². The fourth-order valence-electron chi connectivity index (χ4n) is 1.71. The van der Waals surface area contributed by atoms with Crippen LogP contribution in [0.2, 0.25) is 0 Å². The van der Waals surface area contributed by atoms with Crippen molar-refractivity contribution in [3.63, 3.8) is 0 Å². The Morgan fingerprint density at radius 3 is 2.33 bits per heavy atom. The number of aliphatic hydroxyl groups is 1. The van der Waals surface area contributed by atoms with Crippen molar-refractivity contribution >= 4 is 5.69 Å². The Kier molecular flexibility index (Phi) is 4.20. The Hall–Kier alpha value is -2.00. The van der Waals surface area contributed by atoms with Crippen molar-refractivity contribution in [2.75, 3.05) is 19.0 Å². The average molecular weight is 243 g/mol. The molecule has 0 bridgehead atoms. The summed E-state index contributed by atoms with van der Waals surface area (Å²) in [5, 5.41) is 13.2. The Balaban J connectivity index is 1.93. The number of methoxy groups -OCH3 is 1. The number of anilines is 1. The van der Waals surface area contributed by atoms with E-state index >= 15 is 0 Å². The quantitative estimate of drug-likeness (QED) is 0.848. The molecular formula is C15H17NO2. The number of rotatable bonds is 5. The van der Waals surface area contributed by atoms with Crippen molar-refractivity contribution in [1.82, 2.24) is 0 Å². The van der Waals surface area contributed by atoms with E-state index in [1.54, 1.807) is 7.11 Å². The van der Waals surface area contributed by atoms with Crippen LogP contribution >= 0.6 is 0 Å². The zero-order valence-corrected chi connectivity index (χ0v) is 10.3. The minimum absolute atomic E-state index is 0.482. The van der Waals surface area contributed by atoms with E-state index in [1.165, 1.54) is 0 Å². The minimum Gasteiger partial charge on any atom is -0.497 e. The second-order valence-corrected chi connectivity index (χ2v) is 4.04. The number of ether oxygens (including phenoxy) is 1. The topological polar surface area (TPSA) is 41.5 Å². The van der Waals surface area contributed by atoms with Crippen LogP contribution in [0, 0.1) is 0 Å². The van der Waals surface area contributed by atoms with Gasteiger partial charge >= 0.3 is 0 Å². The van der Waals surface area contributed by atoms with Gasteiger partial charge < -0.3 is 15.2 Å². The smallest absolute Gasteiger partial charge is 0.118 e. The van der Waals surface area contributed by atoms with Gasteiger partial charge in [0.2, 0.25) is 0 Å². The summed E-state index contributed by atoms with van der Waals surface area (Å²) in [6, 6.07) is 17.3. The first-order chi connectivity index (χ1) is 8.79. The van der Waals surface area contributed by atoms with E-state index in [0.29, 0.717) is 6.54 Å². The molecule has 2 N–H and O–H groups in total. The van der Waals surface area contributed by atoms with Crippen molar-refractivity contribution in [1.29, 1.82) is 0 Å². The lowest BCUT2D eigenvalue weighted by Crippen LogP contribution is -2.11. The molecule has 0 aliphatic carbocycles. The summed E-state index contributed by atoms with van der Waals surface area (Å²) in [4.78, 5) is 0. The van der Waals surface area contributed by atoms with Crippen LogP contribution < -0.4 is 10.1 Å². The molecule has 0 unspecified atom stereocenters. The maximum atomic E-state index is 10.0.